The van der Waals surface area contributed by atoms with E-state index < -0.39 is 24.4 Å². The molecule has 2 saturated carbocycles. The highest BCUT2D eigenvalue weighted by atomic mass is 16.3. The molecule has 0 aliphatic heterocycles. The first-order valence-corrected chi connectivity index (χ1v) is 7.61. The summed E-state index contributed by atoms with van der Waals surface area (Å²) in [5.41, 5.74) is 0. The van der Waals surface area contributed by atoms with Crippen molar-refractivity contribution in [3.63, 3.8) is 0 Å². The predicted molar refractivity (Wildman–Crippen MR) is 75.3 cm³/mol. The summed E-state index contributed by atoms with van der Waals surface area (Å²) in [6, 6.07) is 0.651. The molecule has 20 heavy (non-hydrogen) atoms. The van der Waals surface area contributed by atoms with Crippen LogP contribution < -0.4 is 10.6 Å². The summed E-state index contributed by atoms with van der Waals surface area (Å²) in [4.78, 5) is 0. The van der Waals surface area contributed by atoms with Crippen molar-refractivity contribution in [3.8, 4) is 0 Å². The van der Waals surface area contributed by atoms with E-state index in [4.69, 9.17) is 0 Å². The van der Waals surface area contributed by atoms with Crippen LogP contribution in [0.25, 0.3) is 0 Å². The molecule has 8 atom stereocenters. The Labute approximate surface area is 120 Å². The summed E-state index contributed by atoms with van der Waals surface area (Å²) in [6.07, 6.45) is -0.159. The van der Waals surface area contributed by atoms with Gasteiger partial charge in [-0.3, -0.25) is 0 Å². The molecule has 6 N–H and O–H groups in total. The van der Waals surface area contributed by atoms with Gasteiger partial charge >= 0.3 is 0 Å². The normalized spacial score (nSPS) is 44.7. The molecule has 118 valence electrons. The topological polar surface area (TPSA) is 105 Å². The molecule has 2 aliphatic carbocycles. The Hall–Kier alpha value is -0.240. The van der Waals surface area contributed by atoms with Gasteiger partial charge in [-0.15, -0.1) is 0 Å². The summed E-state index contributed by atoms with van der Waals surface area (Å²) in [7, 11) is 0. The van der Waals surface area contributed by atoms with E-state index in [1.807, 2.05) is 0 Å². The third-order valence-electron chi connectivity index (χ3n) is 4.74. The first kappa shape index (κ1) is 16.1. The second-order valence-electron chi connectivity index (χ2n) is 6.52. The van der Waals surface area contributed by atoms with Crippen molar-refractivity contribution in [1.29, 1.82) is 0 Å². The fourth-order valence-corrected chi connectivity index (χ4v) is 3.29. The molecule has 6 nitrogen and oxygen atoms in total. The smallest absolute Gasteiger partial charge is 0.0814 e. The first-order chi connectivity index (χ1) is 9.36. The van der Waals surface area contributed by atoms with Crippen LogP contribution >= 0.6 is 0 Å². The van der Waals surface area contributed by atoms with Crippen LogP contribution in [0.2, 0.25) is 0 Å². The third-order valence-corrected chi connectivity index (χ3v) is 4.74. The van der Waals surface area contributed by atoms with E-state index >= 15 is 0 Å². The van der Waals surface area contributed by atoms with Gasteiger partial charge in [-0.1, -0.05) is 0 Å². The minimum absolute atomic E-state index is 0.138. The molecule has 2 rings (SSSR count). The molecule has 0 heterocycles. The summed E-state index contributed by atoms with van der Waals surface area (Å²) >= 11 is 0. The van der Waals surface area contributed by atoms with Crippen molar-refractivity contribution in [2.75, 3.05) is 0 Å². The van der Waals surface area contributed by atoms with Crippen molar-refractivity contribution in [2.45, 2.75) is 88.1 Å². The van der Waals surface area contributed by atoms with E-state index in [-0.39, 0.29) is 24.2 Å². The van der Waals surface area contributed by atoms with E-state index in [1.54, 1.807) is 0 Å². The van der Waals surface area contributed by atoms with Gasteiger partial charge in [0.05, 0.1) is 24.4 Å². The number of aliphatic hydroxyl groups excluding tert-OH is 4. The number of nitrogens with one attached hydrogen (secondary N) is 2. The average Bonchev–Trinajstić information content (AvgIpc) is 2.83. The molecule has 0 bridgehead atoms. The molecular formula is C14H28N2O4. The second-order valence-corrected chi connectivity index (χ2v) is 6.52. The molecule has 6 heteroatoms. The first-order valence-electron chi connectivity index (χ1n) is 7.61. The zero-order valence-corrected chi connectivity index (χ0v) is 12.2. The van der Waals surface area contributed by atoms with Crippen molar-refractivity contribution < 1.29 is 20.4 Å². The number of hydrogen-bond acceptors (Lipinski definition) is 6. The molecule has 0 radical (unpaired) electrons. The van der Waals surface area contributed by atoms with Crippen LogP contribution in [0.15, 0.2) is 0 Å². The van der Waals surface area contributed by atoms with Gasteiger partial charge in [0.1, 0.15) is 0 Å². The molecule has 0 aromatic carbocycles. The van der Waals surface area contributed by atoms with Crippen LogP contribution in [0.1, 0.15) is 39.5 Å². The Kier molecular flexibility index (Phi) is 5.39. The van der Waals surface area contributed by atoms with Crippen LogP contribution in [0.4, 0.5) is 0 Å². The van der Waals surface area contributed by atoms with Gasteiger partial charge in [0.25, 0.3) is 0 Å². The van der Waals surface area contributed by atoms with Crippen LogP contribution in [0.5, 0.6) is 0 Å². The maximum absolute atomic E-state index is 9.55. The molecular weight excluding hydrogens is 260 g/mol. The highest BCUT2D eigenvalue weighted by Gasteiger charge is 2.34. The molecule has 0 amide bonds. The van der Waals surface area contributed by atoms with Gasteiger partial charge < -0.3 is 31.1 Å². The number of hydrogen-bond donors (Lipinski definition) is 6. The fraction of sp³-hybridized carbons (Fsp3) is 1.00. The largest absolute Gasteiger partial charge is 0.390 e. The lowest BCUT2D eigenvalue weighted by molar-refractivity contribution is 0.0438. The molecule has 0 aromatic rings. The highest BCUT2D eigenvalue weighted by molar-refractivity contribution is 4.93. The zero-order chi connectivity index (χ0) is 14.9. The Morgan fingerprint density at radius 3 is 1.15 bits per heavy atom. The lowest BCUT2D eigenvalue weighted by Gasteiger charge is -2.28. The summed E-state index contributed by atoms with van der Waals surface area (Å²) in [5, 5.41) is 45.0. The van der Waals surface area contributed by atoms with E-state index in [2.05, 4.69) is 24.5 Å². The highest BCUT2D eigenvalue weighted by Crippen LogP contribution is 2.22. The zero-order valence-electron chi connectivity index (χ0n) is 12.2. The minimum Gasteiger partial charge on any atom is -0.390 e. The van der Waals surface area contributed by atoms with Crippen LogP contribution in [-0.2, 0) is 0 Å². The maximum Gasteiger partial charge on any atom is 0.0814 e. The van der Waals surface area contributed by atoms with Gasteiger partial charge in [-0.25, -0.2) is 0 Å². The van der Waals surface area contributed by atoms with Crippen molar-refractivity contribution >= 4 is 0 Å². The maximum atomic E-state index is 9.55. The molecule has 0 spiro atoms. The van der Waals surface area contributed by atoms with Gasteiger partial charge in [0.2, 0.25) is 0 Å². The van der Waals surface area contributed by atoms with Gasteiger partial charge in [0.15, 0.2) is 0 Å². The molecule has 0 saturated heterocycles. The monoisotopic (exact) mass is 288 g/mol. The molecule has 2 aliphatic rings. The lowest BCUT2D eigenvalue weighted by Crippen LogP contribution is -2.50. The number of aliphatic hydroxyl groups is 4. The standard InChI is InChI=1S/C14H28N2O4/c1-7(15-9-3-11(17)12(18)4-9)8(2)16-10-5-13(19)14(20)6-10/h7-20H,3-6H2,1-2H3/t7-,8?,9?,10?,11-,12+,13-,14+/m1/s1. The Balaban J connectivity index is 1.74. The third kappa shape index (κ3) is 3.90. The number of rotatable bonds is 5. The fourth-order valence-electron chi connectivity index (χ4n) is 3.29. The minimum atomic E-state index is -0.622. The summed E-state index contributed by atoms with van der Waals surface area (Å²) in [6.45, 7) is 4.13. The Bertz CT molecular complexity index is 268. The molecule has 3 unspecified atom stereocenters. The van der Waals surface area contributed by atoms with Crippen molar-refractivity contribution in [3.05, 3.63) is 0 Å². The summed E-state index contributed by atoms with van der Waals surface area (Å²) in [5.74, 6) is 0. The Morgan fingerprint density at radius 2 is 0.900 bits per heavy atom. The second kappa shape index (κ2) is 6.68. The van der Waals surface area contributed by atoms with Crippen LogP contribution in [0.3, 0.4) is 0 Å². The lowest BCUT2D eigenvalue weighted by atomic mass is 10.1. The van der Waals surface area contributed by atoms with E-state index in [1.165, 1.54) is 0 Å². The van der Waals surface area contributed by atoms with Crippen LogP contribution in [0, 0.1) is 0 Å². The van der Waals surface area contributed by atoms with Crippen molar-refractivity contribution in [2.24, 2.45) is 0 Å². The average molecular weight is 288 g/mol. The van der Waals surface area contributed by atoms with Gasteiger partial charge in [0, 0.05) is 24.2 Å². The predicted octanol–water partition coefficient (Wildman–Crippen LogP) is -1.29. The molecule has 0 aromatic heterocycles. The van der Waals surface area contributed by atoms with E-state index in [0.717, 1.165) is 0 Å². The quantitative estimate of drug-likeness (QED) is 0.376. The Morgan fingerprint density at radius 1 is 0.650 bits per heavy atom. The van der Waals surface area contributed by atoms with Gasteiger partial charge in [-0.2, -0.15) is 0 Å². The summed E-state index contributed by atoms with van der Waals surface area (Å²) < 4.78 is 0. The van der Waals surface area contributed by atoms with Crippen LogP contribution in [-0.4, -0.2) is 69.0 Å². The van der Waals surface area contributed by atoms with E-state index in [9.17, 15) is 20.4 Å². The van der Waals surface area contributed by atoms with E-state index in [0.29, 0.717) is 25.7 Å². The molecule has 2 fully saturated rings. The van der Waals surface area contributed by atoms with Crippen molar-refractivity contribution in [1.82, 2.24) is 10.6 Å². The van der Waals surface area contributed by atoms with Gasteiger partial charge in [-0.05, 0) is 39.5 Å². The SMILES string of the molecule is CC(NC1C[C@@H](O)[C@@H](O)C1)[C@@H](C)NC1C[C@@H](O)[C@@H](O)C1.